The predicted octanol–water partition coefficient (Wildman–Crippen LogP) is 6.05. The molecule has 0 spiro atoms. The summed E-state index contributed by atoms with van der Waals surface area (Å²) in [4.78, 5) is 14.6. The first-order valence-electron chi connectivity index (χ1n) is 8.84. The molecule has 3 aromatic rings. The van der Waals surface area contributed by atoms with E-state index in [9.17, 15) is 9.90 Å². The molecule has 3 aromatic carbocycles. The molecule has 1 aliphatic heterocycles. The van der Waals surface area contributed by atoms with Gasteiger partial charge in [-0.15, -0.1) is 0 Å². The minimum atomic E-state index is -0.440. The van der Waals surface area contributed by atoms with Gasteiger partial charge >= 0.3 is 0 Å². The van der Waals surface area contributed by atoms with Crippen LogP contribution < -0.4 is 0 Å². The fourth-order valence-corrected chi connectivity index (χ4v) is 3.86. The summed E-state index contributed by atoms with van der Waals surface area (Å²) in [6, 6.07) is 23.7. The molecule has 0 radical (unpaired) electrons. The second kappa shape index (κ2) is 7.70. The van der Waals surface area contributed by atoms with Crippen LogP contribution in [0.2, 0.25) is 10.0 Å². The number of benzene rings is 3. The summed E-state index contributed by atoms with van der Waals surface area (Å²) in [6.45, 7) is 0.341. The van der Waals surface area contributed by atoms with Crippen LogP contribution in [0.1, 0.15) is 22.7 Å². The first-order chi connectivity index (χ1) is 13.5. The summed E-state index contributed by atoms with van der Waals surface area (Å²) in [6.07, 6.45) is 0. The van der Waals surface area contributed by atoms with E-state index in [0.717, 1.165) is 16.7 Å². The van der Waals surface area contributed by atoms with Gasteiger partial charge in [-0.3, -0.25) is 4.79 Å². The number of hydrogen-bond acceptors (Lipinski definition) is 2. The standard InChI is InChI=1S/C23H17Cl2NO2/c24-18-11-9-15(10-12-18)14-26-21(17-7-4-8-19(25)13-17)20(22(27)23(26)28)16-5-2-1-3-6-16/h1-13,21,27H,14H2/t21-/m1/s1. The Balaban J connectivity index is 1.81. The van der Waals surface area contributed by atoms with Crippen LogP contribution in [-0.4, -0.2) is 15.9 Å². The van der Waals surface area contributed by atoms with Crippen molar-refractivity contribution in [2.75, 3.05) is 0 Å². The molecule has 1 heterocycles. The second-order valence-corrected chi connectivity index (χ2v) is 7.52. The number of hydrogen-bond donors (Lipinski definition) is 1. The largest absolute Gasteiger partial charge is 0.503 e. The molecule has 0 aromatic heterocycles. The second-order valence-electron chi connectivity index (χ2n) is 6.65. The van der Waals surface area contributed by atoms with E-state index in [1.165, 1.54) is 0 Å². The number of nitrogens with zero attached hydrogens (tertiary/aromatic N) is 1. The maximum Gasteiger partial charge on any atom is 0.290 e. The van der Waals surface area contributed by atoms with Gasteiger partial charge in [0, 0.05) is 22.2 Å². The minimum absolute atomic E-state index is 0.231. The predicted molar refractivity (Wildman–Crippen MR) is 112 cm³/mol. The molecule has 0 saturated carbocycles. The molecule has 0 saturated heterocycles. The van der Waals surface area contributed by atoms with Crippen molar-refractivity contribution >= 4 is 34.7 Å². The molecule has 1 atom stereocenters. The summed E-state index contributed by atoms with van der Waals surface area (Å²) < 4.78 is 0. The molecule has 0 bridgehead atoms. The van der Waals surface area contributed by atoms with Crippen molar-refractivity contribution in [3.05, 3.63) is 111 Å². The fraction of sp³-hybridized carbons (Fsp3) is 0.0870. The van der Waals surface area contributed by atoms with Crippen LogP contribution in [0, 0.1) is 0 Å². The molecular formula is C23H17Cl2NO2. The number of aliphatic hydroxyl groups is 1. The number of carbonyl (C=O) groups excluding carboxylic acids is 1. The molecule has 5 heteroatoms. The number of rotatable bonds is 4. The Hall–Kier alpha value is -2.75. The van der Waals surface area contributed by atoms with Gasteiger partial charge in [0.05, 0.1) is 6.04 Å². The average Bonchev–Trinajstić information content (AvgIpc) is 2.95. The van der Waals surface area contributed by atoms with Gasteiger partial charge in [-0.1, -0.05) is 77.8 Å². The molecule has 0 unspecified atom stereocenters. The summed E-state index contributed by atoms with van der Waals surface area (Å²) in [5.41, 5.74) is 3.16. The highest BCUT2D eigenvalue weighted by atomic mass is 35.5. The van der Waals surface area contributed by atoms with Gasteiger partial charge in [0.1, 0.15) is 0 Å². The van der Waals surface area contributed by atoms with E-state index < -0.39 is 11.9 Å². The van der Waals surface area contributed by atoms with Crippen LogP contribution in [0.5, 0.6) is 0 Å². The number of halogens is 2. The first-order valence-corrected chi connectivity index (χ1v) is 9.59. The normalized spacial score (nSPS) is 16.7. The lowest BCUT2D eigenvalue weighted by molar-refractivity contribution is -0.130. The first kappa shape index (κ1) is 18.6. The SMILES string of the molecule is O=C1C(O)=C(c2ccccc2)[C@@H](c2cccc(Cl)c2)N1Cc1ccc(Cl)cc1. The quantitative estimate of drug-likeness (QED) is 0.569. The Morgan fingerprint density at radius 3 is 2.25 bits per heavy atom. The number of aliphatic hydroxyl groups excluding tert-OH is 1. The lowest BCUT2D eigenvalue weighted by Gasteiger charge is -2.27. The molecule has 0 fully saturated rings. The molecule has 140 valence electrons. The Kier molecular flexibility index (Phi) is 5.12. The fourth-order valence-electron chi connectivity index (χ4n) is 3.54. The van der Waals surface area contributed by atoms with E-state index in [2.05, 4.69) is 0 Å². The van der Waals surface area contributed by atoms with Crippen molar-refractivity contribution in [3.8, 4) is 0 Å². The Morgan fingerprint density at radius 1 is 0.857 bits per heavy atom. The zero-order valence-corrected chi connectivity index (χ0v) is 16.4. The van der Waals surface area contributed by atoms with Crippen molar-refractivity contribution in [2.24, 2.45) is 0 Å². The van der Waals surface area contributed by atoms with Crippen molar-refractivity contribution in [3.63, 3.8) is 0 Å². The summed E-state index contributed by atoms with van der Waals surface area (Å²) in [5, 5.41) is 12.0. The van der Waals surface area contributed by atoms with Crippen LogP contribution in [0.25, 0.3) is 5.57 Å². The Morgan fingerprint density at radius 2 is 1.57 bits per heavy atom. The molecule has 0 aliphatic carbocycles. The smallest absolute Gasteiger partial charge is 0.290 e. The van der Waals surface area contributed by atoms with Crippen LogP contribution in [0.15, 0.2) is 84.6 Å². The van der Waals surface area contributed by atoms with E-state index >= 15 is 0 Å². The van der Waals surface area contributed by atoms with Gasteiger partial charge in [0.25, 0.3) is 5.91 Å². The minimum Gasteiger partial charge on any atom is -0.503 e. The molecule has 28 heavy (non-hydrogen) atoms. The summed E-state index contributed by atoms with van der Waals surface area (Å²) >= 11 is 12.2. The van der Waals surface area contributed by atoms with Crippen LogP contribution in [-0.2, 0) is 11.3 Å². The van der Waals surface area contributed by atoms with Crippen molar-refractivity contribution < 1.29 is 9.90 Å². The van der Waals surface area contributed by atoms with E-state index in [1.54, 1.807) is 23.1 Å². The molecule has 4 rings (SSSR count). The Bertz CT molecular complexity index is 1050. The van der Waals surface area contributed by atoms with E-state index in [1.807, 2.05) is 60.7 Å². The van der Waals surface area contributed by atoms with Crippen molar-refractivity contribution in [1.82, 2.24) is 4.90 Å². The van der Waals surface area contributed by atoms with Gasteiger partial charge in [0.15, 0.2) is 5.76 Å². The highest BCUT2D eigenvalue weighted by Gasteiger charge is 2.40. The maximum absolute atomic E-state index is 13.0. The van der Waals surface area contributed by atoms with Crippen molar-refractivity contribution in [2.45, 2.75) is 12.6 Å². The zero-order valence-electron chi connectivity index (χ0n) is 14.8. The van der Waals surface area contributed by atoms with E-state index in [4.69, 9.17) is 23.2 Å². The van der Waals surface area contributed by atoms with E-state index in [-0.39, 0.29) is 5.76 Å². The third-order valence-electron chi connectivity index (χ3n) is 4.82. The van der Waals surface area contributed by atoms with Crippen LogP contribution in [0.3, 0.4) is 0 Å². The lowest BCUT2D eigenvalue weighted by atomic mass is 9.93. The molecule has 1 N–H and O–H groups in total. The highest BCUT2D eigenvalue weighted by molar-refractivity contribution is 6.30. The maximum atomic E-state index is 13.0. The number of carbonyl (C=O) groups is 1. The van der Waals surface area contributed by atoms with Gasteiger partial charge < -0.3 is 10.0 Å². The van der Waals surface area contributed by atoms with Crippen molar-refractivity contribution in [1.29, 1.82) is 0 Å². The summed E-state index contributed by atoms with van der Waals surface area (Å²) in [5.74, 6) is -0.635. The van der Waals surface area contributed by atoms with Gasteiger partial charge in [-0.05, 0) is 41.0 Å². The van der Waals surface area contributed by atoms with Crippen LogP contribution in [0.4, 0.5) is 0 Å². The van der Waals surface area contributed by atoms with Gasteiger partial charge in [-0.2, -0.15) is 0 Å². The van der Waals surface area contributed by atoms with Crippen LogP contribution >= 0.6 is 23.2 Å². The van der Waals surface area contributed by atoms with Gasteiger partial charge in [0.2, 0.25) is 0 Å². The highest BCUT2D eigenvalue weighted by Crippen LogP contribution is 2.44. The van der Waals surface area contributed by atoms with E-state index in [0.29, 0.717) is 22.2 Å². The topological polar surface area (TPSA) is 40.5 Å². The third kappa shape index (κ3) is 3.51. The average molecular weight is 410 g/mol. The monoisotopic (exact) mass is 409 g/mol. The molecule has 1 aliphatic rings. The number of amides is 1. The zero-order chi connectivity index (χ0) is 19.7. The molecular weight excluding hydrogens is 393 g/mol. The molecule has 1 amide bonds. The summed E-state index contributed by atoms with van der Waals surface area (Å²) in [7, 11) is 0. The van der Waals surface area contributed by atoms with Gasteiger partial charge in [-0.25, -0.2) is 0 Å². The Labute approximate surface area is 173 Å². The lowest BCUT2D eigenvalue weighted by Crippen LogP contribution is -2.29. The molecule has 3 nitrogen and oxygen atoms in total. The third-order valence-corrected chi connectivity index (χ3v) is 5.31.